The van der Waals surface area contributed by atoms with Gasteiger partial charge in [-0.1, -0.05) is 0 Å². The van der Waals surface area contributed by atoms with Crippen LogP contribution in [0.5, 0.6) is 0 Å². The number of aliphatic hydroxyl groups excluding tert-OH is 2. The predicted octanol–water partition coefficient (Wildman–Crippen LogP) is 1.06. The first kappa shape index (κ1) is 21.9. The van der Waals surface area contributed by atoms with Crippen molar-refractivity contribution in [1.82, 2.24) is 19.5 Å². The van der Waals surface area contributed by atoms with Gasteiger partial charge in [0.25, 0.3) is 0 Å². The summed E-state index contributed by atoms with van der Waals surface area (Å²) in [6.45, 7) is 4.66. The first-order valence-electron chi connectivity index (χ1n) is 9.53. The number of fused-ring (bicyclic) bond motifs is 1. The summed E-state index contributed by atoms with van der Waals surface area (Å²) in [5.41, 5.74) is -0.210. The molecule has 0 radical (unpaired) electrons. The van der Waals surface area contributed by atoms with Gasteiger partial charge in [-0.15, -0.1) is 0 Å². The van der Waals surface area contributed by atoms with Crippen LogP contribution in [0.2, 0.25) is 0 Å². The van der Waals surface area contributed by atoms with Crippen molar-refractivity contribution in [1.29, 1.82) is 0 Å². The van der Waals surface area contributed by atoms with E-state index >= 15 is 0 Å². The Bertz CT molecular complexity index is 929. The molecule has 30 heavy (non-hydrogen) atoms. The summed E-state index contributed by atoms with van der Waals surface area (Å²) < 4.78 is 17.5. The van der Waals surface area contributed by atoms with E-state index in [9.17, 15) is 15.0 Å². The average Bonchev–Trinajstić information content (AvgIpc) is 3.20. The molecule has 0 bridgehead atoms. The fraction of sp³-hybridized carbons (Fsp3) is 0.579. The van der Waals surface area contributed by atoms with Crippen molar-refractivity contribution >= 4 is 23.8 Å². The zero-order valence-corrected chi connectivity index (χ0v) is 17.6. The number of ether oxygens (including phenoxy) is 3. The molecular formula is C19H27N5O6. The lowest BCUT2D eigenvalue weighted by molar-refractivity contribution is -0.110. The molecule has 3 heterocycles. The average molecular weight is 421 g/mol. The van der Waals surface area contributed by atoms with E-state index < -0.39 is 30.1 Å². The molecule has 0 aromatic carbocycles. The maximum absolute atomic E-state index is 11.7. The molecular weight excluding hydrogens is 394 g/mol. The van der Waals surface area contributed by atoms with Crippen molar-refractivity contribution in [2.24, 2.45) is 4.99 Å². The van der Waals surface area contributed by atoms with Crippen LogP contribution in [0.15, 0.2) is 23.5 Å². The maximum atomic E-state index is 11.7. The van der Waals surface area contributed by atoms with Gasteiger partial charge in [0.15, 0.2) is 5.82 Å². The molecule has 0 aliphatic carbocycles. The van der Waals surface area contributed by atoms with Crippen molar-refractivity contribution in [2.45, 2.75) is 50.8 Å². The van der Waals surface area contributed by atoms with E-state index in [2.05, 4.69) is 15.1 Å². The summed E-state index contributed by atoms with van der Waals surface area (Å²) in [5.74, 6) is 0.445. The third-order valence-electron chi connectivity index (χ3n) is 4.63. The zero-order chi connectivity index (χ0) is 22.1. The van der Waals surface area contributed by atoms with Gasteiger partial charge in [0.05, 0.1) is 18.1 Å². The van der Waals surface area contributed by atoms with Crippen molar-refractivity contribution in [3.63, 3.8) is 0 Å². The van der Waals surface area contributed by atoms with E-state index in [-0.39, 0.29) is 12.7 Å². The third kappa shape index (κ3) is 4.37. The highest BCUT2D eigenvalue weighted by Gasteiger charge is 2.53. The molecule has 2 N–H and O–H groups in total. The van der Waals surface area contributed by atoms with Crippen LogP contribution in [0.25, 0.3) is 5.52 Å². The molecule has 1 saturated heterocycles. The van der Waals surface area contributed by atoms with E-state index in [1.807, 2.05) is 14.1 Å². The van der Waals surface area contributed by atoms with Crippen LogP contribution in [-0.4, -0.2) is 86.8 Å². The highest BCUT2D eigenvalue weighted by molar-refractivity contribution is 5.70. The largest absolute Gasteiger partial charge is 0.508 e. The molecule has 11 heteroatoms. The van der Waals surface area contributed by atoms with Gasteiger partial charge in [0, 0.05) is 14.1 Å². The lowest BCUT2D eigenvalue weighted by Gasteiger charge is -2.26. The summed E-state index contributed by atoms with van der Waals surface area (Å²) in [4.78, 5) is 22.0. The Morgan fingerprint density at radius 1 is 1.43 bits per heavy atom. The molecule has 2 aromatic heterocycles. The van der Waals surface area contributed by atoms with E-state index in [0.717, 1.165) is 0 Å². The Morgan fingerprint density at radius 2 is 2.17 bits per heavy atom. The normalized spacial score (nSPS) is 26.6. The van der Waals surface area contributed by atoms with Crippen LogP contribution >= 0.6 is 0 Å². The number of hydrogen-bond donors (Lipinski definition) is 2. The monoisotopic (exact) mass is 421 g/mol. The molecule has 11 nitrogen and oxygen atoms in total. The van der Waals surface area contributed by atoms with Gasteiger partial charge in [-0.3, -0.25) is 0 Å². The zero-order valence-electron chi connectivity index (χ0n) is 17.6. The third-order valence-corrected chi connectivity index (χ3v) is 4.63. The summed E-state index contributed by atoms with van der Waals surface area (Å²) in [5, 5.41) is 25.4. The molecule has 1 aliphatic rings. The maximum Gasteiger partial charge on any atom is 0.508 e. The number of aliphatic imine (C=N–C) groups is 1. The SMILES string of the molecule is CC(C)OC(=O)OC[C@@]1(C)O[C@@H](c2ccc3c(N=CN(C)C)ncnn23)[C@H](O)[C@@H]1O. The Kier molecular flexibility index (Phi) is 6.25. The second-order valence-corrected chi connectivity index (χ2v) is 7.84. The Hall–Kier alpha value is -2.76. The van der Waals surface area contributed by atoms with Gasteiger partial charge in [-0.05, 0) is 32.9 Å². The fourth-order valence-electron chi connectivity index (χ4n) is 3.17. The number of carbonyl (C=O) groups excluding carboxylic acids is 1. The summed E-state index contributed by atoms with van der Waals surface area (Å²) in [7, 11) is 3.69. The van der Waals surface area contributed by atoms with Crippen LogP contribution in [-0.2, 0) is 14.2 Å². The molecule has 0 amide bonds. The molecule has 1 fully saturated rings. The minimum Gasteiger partial charge on any atom is -0.432 e. The number of carbonyl (C=O) groups is 1. The fourth-order valence-corrected chi connectivity index (χ4v) is 3.17. The Labute approximate surface area is 173 Å². The lowest BCUT2D eigenvalue weighted by atomic mass is 9.97. The molecule has 0 saturated carbocycles. The van der Waals surface area contributed by atoms with Crippen molar-refractivity contribution < 1.29 is 29.2 Å². The van der Waals surface area contributed by atoms with E-state index in [4.69, 9.17) is 14.2 Å². The van der Waals surface area contributed by atoms with Crippen LogP contribution in [0.3, 0.4) is 0 Å². The molecule has 4 atom stereocenters. The predicted molar refractivity (Wildman–Crippen MR) is 107 cm³/mol. The minimum atomic E-state index is -1.33. The summed E-state index contributed by atoms with van der Waals surface area (Å²) in [6, 6.07) is 3.48. The topological polar surface area (TPSA) is 131 Å². The van der Waals surface area contributed by atoms with Crippen LogP contribution < -0.4 is 0 Å². The van der Waals surface area contributed by atoms with Crippen molar-refractivity contribution in [2.75, 3.05) is 20.7 Å². The quantitative estimate of drug-likeness (QED) is 0.399. The number of hydrogen-bond acceptors (Lipinski definition) is 9. The highest BCUT2D eigenvalue weighted by atomic mass is 16.7. The number of aromatic nitrogens is 3. The van der Waals surface area contributed by atoms with E-state index in [1.54, 1.807) is 48.7 Å². The van der Waals surface area contributed by atoms with Crippen LogP contribution in [0.1, 0.15) is 32.6 Å². The van der Waals surface area contributed by atoms with Crippen LogP contribution in [0.4, 0.5) is 10.6 Å². The van der Waals surface area contributed by atoms with Gasteiger partial charge in [-0.2, -0.15) is 5.10 Å². The highest BCUT2D eigenvalue weighted by Crippen LogP contribution is 2.41. The van der Waals surface area contributed by atoms with Gasteiger partial charge in [0.1, 0.15) is 42.4 Å². The Balaban J connectivity index is 1.83. The molecule has 0 spiro atoms. The van der Waals surface area contributed by atoms with Crippen molar-refractivity contribution in [3.05, 3.63) is 24.2 Å². The van der Waals surface area contributed by atoms with Gasteiger partial charge >= 0.3 is 6.16 Å². The van der Waals surface area contributed by atoms with Gasteiger partial charge < -0.3 is 29.3 Å². The van der Waals surface area contributed by atoms with Gasteiger partial charge in [0.2, 0.25) is 0 Å². The molecule has 164 valence electrons. The molecule has 3 rings (SSSR count). The first-order valence-corrected chi connectivity index (χ1v) is 9.53. The number of nitrogens with zero attached hydrogens (tertiary/aromatic N) is 5. The standard InChI is InChI=1S/C19H27N5O6/c1-11(2)29-18(27)28-8-19(3)16(26)14(25)15(30-19)12-6-7-13-17(21-10-23(4)5)20-9-22-24(12)13/h6-7,9-11,14-16,25-26H,8H2,1-5H3/t14-,15-,16-,19+/m0/s1. The second kappa shape index (κ2) is 8.54. The van der Waals surface area contributed by atoms with E-state index in [0.29, 0.717) is 17.0 Å². The summed E-state index contributed by atoms with van der Waals surface area (Å²) in [6.07, 6.45) is -1.71. The molecule has 0 unspecified atom stereocenters. The minimum absolute atomic E-state index is 0.288. The van der Waals surface area contributed by atoms with Crippen molar-refractivity contribution in [3.8, 4) is 0 Å². The Morgan fingerprint density at radius 3 is 2.83 bits per heavy atom. The smallest absolute Gasteiger partial charge is 0.432 e. The molecule has 1 aliphatic heterocycles. The van der Waals surface area contributed by atoms with Gasteiger partial charge in [-0.25, -0.2) is 19.3 Å². The van der Waals surface area contributed by atoms with E-state index in [1.165, 1.54) is 6.33 Å². The number of aliphatic hydroxyl groups is 2. The summed E-state index contributed by atoms with van der Waals surface area (Å²) >= 11 is 0. The van der Waals surface area contributed by atoms with Crippen LogP contribution in [0, 0.1) is 0 Å². The first-order chi connectivity index (χ1) is 14.1. The lowest BCUT2D eigenvalue weighted by Crippen LogP contribution is -2.44. The number of rotatable bonds is 6. The molecule has 2 aromatic rings. The second-order valence-electron chi connectivity index (χ2n) is 7.84.